The quantitative estimate of drug-likeness (QED) is 0.632. The average molecular weight is 426 g/mol. The molecule has 7 heteroatoms. The van der Waals surface area contributed by atoms with Crippen LogP contribution < -0.4 is 20.5 Å². The van der Waals surface area contributed by atoms with Gasteiger partial charge in [0, 0.05) is 30.7 Å². The first-order valence-corrected chi connectivity index (χ1v) is 10.9. The molecule has 0 aromatic heterocycles. The minimum absolute atomic E-state index is 0.0849. The van der Waals surface area contributed by atoms with Gasteiger partial charge in [0.2, 0.25) is 0 Å². The summed E-state index contributed by atoms with van der Waals surface area (Å²) in [5, 5.41) is 3.19. The van der Waals surface area contributed by atoms with Gasteiger partial charge < -0.3 is 25.3 Å². The standard InChI is InChI=1S/C24H31N3O4/c1-29-21-9-8-18(12-22(21)30-11-5-10-25)24(28)26-19-13-20-16-31-23(15-27(20)14-19)17-6-3-2-4-7-17/h2-4,6-9,12,19-20,23H,5,10-11,13-16,25H2,1H3,(H,26,28)/t19-,20+,23-/m1/s1. The number of morpholine rings is 1. The molecule has 0 saturated carbocycles. The van der Waals surface area contributed by atoms with Crippen molar-refractivity contribution in [3.8, 4) is 11.5 Å². The molecule has 31 heavy (non-hydrogen) atoms. The Kier molecular flexibility index (Phi) is 7.06. The summed E-state index contributed by atoms with van der Waals surface area (Å²) in [5.41, 5.74) is 7.30. The number of benzene rings is 2. The van der Waals surface area contributed by atoms with Crippen LogP contribution in [-0.2, 0) is 4.74 Å². The second-order valence-electron chi connectivity index (χ2n) is 8.10. The van der Waals surface area contributed by atoms with Gasteiger partial charge >= 0.3 is 0 Å². The van der Waals surface area contributed by atoms with E-state index in [2.05, 4.69) is 22.3 Å². The first-order chi connectivity index (χ1) is 15.2. The highest BCUT2D eigenvalue weighted by Crippen LogP contribution is 2.31. The number of amides is 1. The van der Waals surface area contributed by atoms with Crippen molar-refractivity contribution in [3.63, 3.8) is 0 Å². The maximum atomic E-state index is 12.9. The molecule has 2 aliphatic rings. The number of ether oxygens (including phenoxy) is 3. The second-order valence-corrected chi connectivity index (χ2v) is 8.10. The van der Waals surface area contributed by atoms with E-state index in [0.29, 0.717) is 42.9 Å². The van der Waals surface area contributed by atoms with Crippen LogP contribution in [0, 0.1) is 0 Å². The maximum absolute atomic E-state index is 12.9. The molecule has 0 unspecified atom stereocenters. The highest BCUT2D eigenvalue weighted by atomic mass is 16.5. The summed E-state index contributed by atoms with van der Waals surface area (Å²) in [4.78, 5) is 15.3. The van der Waals surface area contributed by atoms with E-state index in [1.807, 2.05) is 18.2 Å². The molecule has 166 valence electrons. The number of carbonyl (C=O) groups is 1. The molecule has 2 saturated heterocycles. The van der Waals surface area contributed by atoms with Crippen LogP contribution in [0.3, 0.4) is 0 Å². The summed E-state index contributed by atoms with van der Waals surface area (Å²) < 4.78 is 17.2. The van der Waals surface area contributed by atoms with E-state index in [9.17, 15) is 4.79 Å². The molecule has 2 fully saturated rings. The molecule has 2 aliphatic heterocycles. The van der Waals surface area contributed by atoms with Gasteiger partial charge in [-0.15, -0.1) is 0 Å². The molecule has 3 N–H and O–H groups in total. The van der Waals surface area contributed by atoms with E-state index in [0.717, 1.165) is 25.9 Å². The third-order valence-corrected chi connectivity index (χ3v) is 5.96. The van der Waals surface area contributed by atoms with E-state index >= 15 is 0 Å². The van der Waals surface area contributed by atoms with Gasteiger partial charge in [-0.2, -0.15) is 0 Å². The summed E-state index contributed by atoms with van der Waals surface area (Å²) in [6.07, 6.45) is 1.72. The van der Waals surface area contributed by atoms with Crippen LogP contribution in [-0.4, -0.2) is 62.8 Å². The second kappa shape index (κ2) is 10.1. The molecule has 0 aliphatic carbocycles. The van der Waals surface area contributed by atoms with Crippen molar-refractivity contribution >= 4 is 5.91 Å². The molecule has 0 bridgehead atoms. The van der Waals surface area contributed by atoms with Crippen LogP contribution in [0.1, 0.15) is 34.9 Å². The fourth-order valence-electron chi connectivity index (χ4n) is 4.31. The van der Waals surface area contributed by atoms with Crippen molar-refractivity contribution in [1.29, 1.82) is 0 Å². The van der Waals surface area contributed by atoms with Crippen LogP contribution in [0.5, 0.6) is 11.5 Å². The first kappa shape index (κ1) is 21.6. The zero-order valence-electron chi connectivity index (χ0n) is 18.0. The van der Waals surface area contributed by atoms with Crippen LogP contribution in [0.25, 0.3) is 0 Å². The van der Waals surface area contributed by atoms with Crippen LogP contribution >= 0.6 is 0 Å². The predicted octanol–water partition coefficient (Wildman–Crippen LogP) is 2.37. The van der Waals surface area contributed by atoms with E-state index in [4.69, 9.17) is 19.9 Å². The molecule has 4 rings (SSSR count). The normalized spacial score (nSPS) is 23.2. The van der Waals surface area contributed by atoms with Gasteiger partial charge in [-0.05, 0) is 43.1 Å². The highest BCUT2D eigenvalue weighted by molar-refractivity contribution is 5.95. The van der Waals surface area contributed by atoms with E-state index in [-0.39, 0.29) is 18.1 Å². The lowest BCUT2D eigenvalue weighted by molar-refractivity contribution is -0.0502. The van der Waals surface area contributed by atoms with E-state index in [1.165, 1.54) is 5.56 Å². The number of nitrogens with two attached hydrogens (primary N) is 1. The molecular formula is C24H31N3O4. The van der Waals surface area contributed by atoms with Crippen molar-refractivity contribution in [3.05, 3.63) is 59.7 Å². The molecular weight excluding hydrogens is 394 g/mol. The summed E-state index contributed by atoms with van der Waals surface area (Å²) >= 11 is 0. The number of methoxy groups -OCH3 is 1. The summed E-state index contributed by atoms with van der Waals surface area (Å²) in [6.45, 7) is 3.41. The Labute approximate surface area is 183 Å². The molecule has 3 atom stereocenters. The zero-order valence-corrected chi connectivity index (χ0v) is 18.0. The van der Waals surface area contributed by atoms with Crippen LogP contribution in [0.4, 0.5) is 0 Å². The van der Waals surface area contributed by atoms with Crippen LogP contribution in [0.2, 0.25) is 0 Å². The van der Waals surface area contributed by atoms with Gasteiger partial charge in [0.05, 0.1) is 26.4 Å². The lowest BCUT2D eigenvalue weighted by atomic mass is 10.1. The number of nitrogens with one attached hydrogen (secondary N) is 1. The molecule has 0 radical (unpaired) electrons. The molecule has 2 aromatic carbocycles. The Morgan fingerprint density at radius 2 is 2.03 bits per heavy atom. The predicted molar refractivity (Wildman–Crippen MR) is 119 cm³/mol. The van der Waals surface area contributed by atoms with Gasteiger partial charge in [-0.25, -0.2) is 0 Å². The van der Waals surface area contributed by atoms with Crippen molar-refractivity contribution < 1.29 is 19.0 Å². The summed E-state index contributed by atoms with van der Waals surface area (Å²) in [6, 6.07) is 16.0. The first-order valence-electron chi connectivity index (χ1n) is 10.9. The number of nitrogens with zero attached hydrogens (tertiary/aromatic N) is 1. The number of carbonyl (C=O) groups excluding carboxylic acids is 1. The minimum Gasteiger partial charge on any atom is -0.493 e. The Balaban J connectivity index is 1.36. The van der Waals surface area contributed by atoms with Crippen molar-refractivity contribution in [2.45, 2.75) is 31.0 Å². The van der Waals surface area contributed by atoms with Crippen LogP contribution in [0.15, 0.2) is 48.5 Å². The molecule has 0 spiro atoms. The molecule has 1 amide bonds. The van der Waals surface area contributed by atoms with Crippen molar-refractivity contribution in [2.75, 3.05) is 40.0 Å². The van der Waals surface area contributed by atoms with Gasteiger partial charge in [-0.3, -0.25) is 9.69 Å². The van der Waals surface area contributed by atoms with Gasteiger partial charge in [0.25, 0.3) is 5.91 Å². The maximum Gasteiger partial charge on any atom is 0.251 e. The Morgan fingerprint density at radius 3 is 2.81 bits per heavy atom. The molecule has 2 aromatic rings. The van der Waals surface area contributed by atoms with Crippen molar-refractivity contribution in [2.24, 2.45) is 5.73 Å². The fourth-order valence-corrected chi connectivity index (χ4v) is 4.31. The molecule has 2 heterocycles. The third-order valence-electron chi connectivity index (χ3n) is 5.96. The zero-order chi connectivity index (χ0) is 21.6. The van der Waals surface area contributed by atoms with Gasteiger partial charge in [0.1, 0.15) is 0 Å². The Bertz CT molecular complexity index is 876. The largest absolute Gasteiger partial charge is 0.493 e. The van der Waals surface area contributed by atoms with Gasteiger partial charge in [-0.1, -0.05) is 30.3 Å². The fraction of sp³-hybridized carbons (Fsp3) is 0.458. The number of fused-ring (bicyclic) bond motifs is 1. The Hall–Kier alpha value is -2.61. The van der Waals surface area contributed by atoms with Gasteiger partial charge in [0.15, 0.2) is 11.5 Å². The number of hydrogen-bond donors (Lipinski definition) is 2. The summed E-state index contributed by atoms with van der Waals surface area (Å²) in [5.74, 6) is 1.07. The topological polar surface area (TPSA) is 86.0 Å². The van der Waals surface area contributed by atoms with E-state index < -0.39 is 0 Å². The Morgan fingerprint density at radius 1 is 1.19 bits per heavy atom. The monoisotopic (exact) mass is 425 g/mol. The van der Waals surface area contributed by atoms with Crippen molar-refractivity contribution in [1.82, 2.24) is 10.2 Å². The number of rotatable bonds is 8. The third kappa shape index (κ3) is 5.18. The number of hydrogen-bond acceptors (Lipinski definition) is 6. The summed E-state index contributed by atoms with van der Waals surface area (Å²) in [7, 11) is 1.59. The molecule has 7 nitrogen and oxygen atoms in total. The highest BCUT2D eigenvalue weighted by Gasteiger charge is 2.38. The SMILES string of the molecule is COc1ccc(C(=O)N[C@@H]2C[C@H]3CO[C@@H](c4ccccc4)CN3C2)cc1OCCCN. The smallest absolute Gasteiger partial charge is 0.251 e. The van der Waals surface area contributed by atoms with E-state index in [1.54, 1.807) is 25.3 Å². The lowest BCUT2D eigenvalue weighted by Crippen LogP contribution is -2.43. The minimum atomic E-state index is -0.100. The lowest BCUT2D eigenvalue weighted by Gasteiger charge is -2.35. The average Bonchev–Trinajstić information content (AvgIpc) is 3.21.